The van der Waals surface area contributed by atoms with Crippen molar-refractivity contribution in [2.45, 2.75) is 12.8 Å². The Hall–Kier alpha value is -3.61. The molecule has 1 amide bonds. The molecule has 0 radical (unpaired) electrons. The van der Waals surface area contributed by atoms with Gasteiger partial charge < -0.3 is 5.32 Å². The third kappa shape index (κ3) is 4.83. The highest BCUT2D eigenvalue weighted by Crippen LogP contribution is 2.47. The predicted octanol–water partition coefficient (Wildman–Crippen LogP) is 5.28. The number of carbonyl (C=O) groups is 1. The first-order valence-corrected chi connectivity index (χ1v) is 13.5. The SMILES string of the molecule is C=CCCCNC(=O)C(c1ccccc1)=P(c1ccccc1)(c1ccccc1)c1ccccc1. The van der Waals surface area contributed by atoms with Crippen molar-refractivity contribution in [3.05, 3.63) is 140 Å². The highest BCUT2D eigenvalue weighted by Gasteiger charge is 2.33. The van der Waals surface area contributed by atoms with Crippen molar-refractivity contribution >= 4 is 34.0 Å². The molecule has 3 heteroatoms. The third-order valence-corrected chi connectivity index (χ3v) is 10.2. The van der Waals surface area contributed by atoms with Gasteiger partial charge in [-0.05, 0) is 41.2 Å². The molecule has 0 fully saturated rings. The highest BCUT2D eigenvalue weighted by molar-refractivity contribution is 7.96. The molecule has 34 heavy (non-hydrogen) atoms. The molecule has 0 spiro atoms. The summed E-state index contributed by atoms with van der Waals surface area (Å²) in [6, 6.07) is 41.7. The summed E-state index contributed by atoms with van der Waals surface area (Å²) in [6.07, 6.45) is 3.63. The zero-order chi connectivity index (χ0) is 23.6. The Morgan fingerprint density at radius 1 is 0.676 bits per heavy atom. The van der Waals surface area contributed by atoms with Gasteiger partial charge >= 0.3 is 0 Å². The molecular weight excluding hydrogens is 433 g/mol. The van der Waals surface area contributed by atoms with Crippen molar-refractivity contribution in [2.24, 2.45) is 0 Å². The number of hydrogen-bond acceptors (Lipinski definition) is 1. The molecule has 0 aliphatic carbocycles. The second kappa shape index (κ2) is 11.5. The van der Waals surface area contributed by atoms with Gasteiger partial charge in [-0.1, -0.05) is 127 Å². The summed E-state index contributed by atoms with van der Waals surface area (Å²) in [5.74, 6) is -0.0137. The molecule has 0 atom stereocenters. The van der Waals surface area contributed by atoms with Crippen LogP contribution in [0.4, 0.5) is 0 Å². The Balaban J connectivity index is 2.14. The molecule has 4 rings (SSSR count). The standard InChI is InChI=1S/C31H30NOP/c1-2-3-16-25-32-31(33)30(26-17-8-4-9-18-26)34(27-19-10-5-11-20-27,28-21-12-6-13-22-28)29-23-14-7-15-24-29/h2,4-15,17-24H,1,3,16,25H2,(H,32,33). The number of hydrogen-bond donors (Lipinski definition) is 1. The lowest BCUT2D eigenvalue weighted by Crippen LogP contribution is -2.39. The molecule has 170 valence electrons. The molecular formula is C31H30NOP. The molecule has 0 saturated carbocycles. The lowest BCUT2D eigenvalue weighted by Gasteiger charge is -2.32. The maximum absolute atomic E-state index is 14.1. The first-order valence-electron chi connectivity index (χ1n) is 11.7. The van der Waals surface area contributed by atoms with Crippen LogP contribution in [0.2, 0.25) is 0 Å². The molecule has 4 aromatic rings. The Labute approximate surface area is 203 Å². The highest BCUT2D eigenvalue weighted by atomic mass is 31.2. The summed E-state index contributed by atoms with van der Waals surface area (Å²) in [5, 5.41) is 7.54. The summed E-state index contributed by atoms with van der Waals surface area (Å²) in [7, 11) is 0. The van der Waals surface area contributed by atoms with E-state index in [2.05, 4.69) is 96.8 Å². The fourth-order valence-electron chi connectivity index (χ4n) is 4.39. The number of carbonyl (C=O) groups excluding carboxylic acids is 1. The maximum Gasteiger partial charge on any atom is 0.252 e. The number of unbranched alkanes of at least 4 members (excludes halogenated alkanes) is 1. The summed E-state index contributed by atoms with van der Waals surface area (Å²) in [4.78, 5) is 14.1. The monoisotopic (exact) mass is 463 g/mol. The van der Waals surface area contributed by atoms with E-state index in [1.165, 1.54) is 0 Å². The van der Waals surface area contributed by atoms with Gasteiger partial charge in [0.2, 0.25) is 0 Å². The second-order valence-electron chi connectivity index (χ2n) is 8.08. The van der Waals surface area contributed by atoms with E-state index in [1.54, 1.807) is 0 Å². The Morgan fingerprint density at radius 3 is 1.50 bits per heavy atom. The lowest BCUT2D eigenvalue weighted by molar-refractivity contribution is -0.114. The second-order valence-corrected chi connectivity index (χ2v) is 11.4. The van der Waals surface area contributed by atoms with E-state index >= 15 is 0 Å². The molecule has 1 N–H and O–H groups in total. The zero-order valence-corrected chi connectivity index (χ0v) is 20.2. The van der Waals surface area contributed by atoms with Crippen LogP contribution in [0, 0.1) is 0 Å². The molecule has 0 bridgehead atoms. The zero-order valence-electron chi connectivity index (χ0n) is 19.3. The maximum atomic E-state index is 14.1. The number of benzene rings is 4. The first kappa shape index (κ1) is 23.5. The van der Waals surface area contributed by atoms with Gasteiger partial charge in [0.15, 0.2) is 0 Å². The van der Waals surface area contributed by atoms with E-state index in [0.717, 1.165) is 39.6 Å². The van der Waals surface area contributed by atoms with Crippen LogP contribution in [0.3, 0.4) is 0 Å². The average molecular weight is 464 g/mol. The number of amides is 1. The molecule has 0 aliphatic heterocycles. The van der Waals surface area contributed by atoms with Crippen molar-refractivity contribution in [3.63, 3.8) is 0 Å². The summed E-state index contributed by atoms with van der Waals surface area (Å²) >= 11 is 0. The van der Waals surface area contributed by atoms with Crippen LogP contribution >= 0.6 is 6.89 Å². The number of rotatable bonds is 9. The van der Waals surface area contributed by atoms with Gasteiger partial charge in [-0.2, -0.15) is 0 Å². The molecule has 0 saturated heterocycles. The Bertz CT molecular complexity index is 1160. The van der Waals surface area contributed by atoms with Crippen molar-refractivity contribution < 1.29 is 4.79 Å². The van der Waals surface area contributed by atoms with E-state index in [-0.39, 0.29) is 5.91 Å². The van der Waals surface area contributed by atoms with Crippen LogP contribution in [0.15, 0.2) is 134 Å². The van der Waals surface area contributed by atoms with Gasteiger partial charge in [0, 0.05) is 6.54 Å². The number of allylic oxidation sites excluding steroid dienone is 1. The van der Waals surface area contributed by atoms with Crippen LogP contribution in [-0.4, -0.2) is 17.7 Å². The summed E-state index contributed by atoms with van der Waals surface area (Å²) < 4.78 is 0. The van der Waals surface area contributed by atoms with Gasteiger partial charge in [0.1, 0.15) is 0 Å². The fraction of sp³-hybridized carbons (Fsp3) is 0.0968. The van der Waals surface area contributed by atoms with E-state index < -0.39 is 6.89 Å². The summed E-state index contributed by atoms with van der Waals surface area (Å²) in [5.41, 5.74) is 0.952. The van der Waals surface area contributed by atoms with E-state index in [1.807, 2.05) is 42.5 Å². The normalized spacial score (nSPS) is 10.9. The fourth-order valence-corrected chi connectivity index (χ4v) is 8.84. The van der Waals surface area contributed by atoms with Gasteiger partial charge in [-0.3, -0.25) is 4.79 Å². The Morgan fingerprint density at radius 2 is 1.09 bits per heavy atom. The summed E-state index contributed by atoms with van der Waals surface area (Å²) in [6.45, 7) is 1.90. The van der Waals surface area contributed by atoms with Crippen molar-refractivity contribution in [1.29, 1.82) is 0 Å². The van der Waals surface area contributed by atoms with Crippen LogP contribution in [-0.2, 0) is 4.79 Å². The lowest BCUT2D eigenvalue weighted by atomic mass is 10.1. The minimum atomic E-state index is -2.51. The van der Waals surface area contributed by atoms with E-state index in [9.17, 15) is 4.79 Å². The minimum absolute atomic E-state index is 0.0137. The third-order valence-electron chi connectivity index (χ3n) is 5.90. The van der Waals surface area contributed by atoms with Crippen LogP contribution in [0.1, 0.15) is 18.4 Å². The molecule has 2 nitrogen and oxygen atoms in total. The molecule has 0 aliphatic rings. The largest absolute Gasteiger partial charge is 0.352 e. The van der Waals surface area contributed by atoms with Crippen molar-refractivity contribution in [1.82, 2.24) is 5.32 Å². The van der Waals surface area contributed by atoms with Crippen molar-refractivity contribution in [2.75, 3.05) is 6.54 Å². The Kier molecular flexibility index (Phi) is 7.96. The molecule has 0 aromatic heterocycles. The molecule has 0 heterocycles. The van der Waals surface area contributed by atoms with Gasteiger partial charge in [0.25, 0.3) is 5.91 Å². The molecule has 0 unspecified atom stereocenters. The van der Waals surface area contributed by atoms with Gasteiger partial charge in [0.05, 0.1) is 5.29 Å². The van der Waals surface area contributed by atoms with Crippen LogP contribution in [0.5, 0.6) is 0 Å². The molecule has 4 aromatic carbocycles. The first-order chi connectivity index (χ1) is 16.8. The topological polar surface area (TPSA) is 29.1 Å². The van der Waals surface area contributed by atoms with E-state index in [0.29, 0.717) is 6.54 Å². The predicted molar refractivity (Wildman–Crippen MR) is 148 cm³/mol. The van der Waals surface area contributed by atoms with Crippen LogP contribution < -0.4 is 21.2 Å². The smallest absolute Gasteiger partial charge is 0.252 e. The quantitative estimate of drug-likeness (QED) is 0.204. The van der Waals surface area contributed by atoms with Gasteiger partial charge in [-0.15, -0.1) is 6.58 Å². The van der Waals surface area contributed by atoms with Crippen LogP contribution in [0.25, 0.3) is 0 Å². The average Bonchev–Trinajstić information content (AvgIpc) is 2.91. The van der Waals surface area contributed by atoms with Crippen molar-refractivity contribution in [3.8, 4) is 0 Å². The van der Waals surface area contributed by atoms with E-state index in [4.69, 9.17) is 0 Å². The van der Waals surface area contributed by atoms with Gasteiger partial charge in [-0.25, -0.2) is 0 Å². The number of nitrogens with one attached hydrogen (secondary N) is 1. The minimum Gasteiger partial charge on any atom is -0.352 e.